The predicted octanol–water partition coefficient (Wildman–Crippen LogP) is 4.10. The third-order valence-electron chi connectivity index (χ3n) is 4.45. The number of nitrogens with one attached hydrogen (secondary N) is 1. The molecule has 1 aliphatic carbocycles. The van der Waals surface area contributed by atoms with E-state index in [1.54, 1.807) is 6.92 Å². The van der Waals surface area contributed by atoms with Gasteiger partial charge >= 0.3 is 11.9 Å². The highest BCUT2D eigenvalue weighted by Crippen LogP contribution is 2.38. The Labute approximate surface area is 167 Å². The van der Waals surface area contributed by atoms with E-state index in [1.807, 2.05) is 37.4 Å². The number of rotatable bonds is 7. The van der Waals surface area contributed by atoms with Crippen LogP contribution in [0.15, 0.2) is 23.6 Å². The van der Waals surface area contributed by atoms with E-state index in [-0.39, 0.29) is 25.1 Å². The van der Waals surface area contributed by atoms with Gasteiger partial charge in [-0.15, -0.1) is 11.3 Å². The van der Waals surface area contributed by atoms with Gasteiger partial charge in [0.15, 0.2) is 6.61 Å². The van der Waals surface area contributed by atoms with Gasteiger partial charge in [-0.3, -0.25) is 9.59 Å². The Morgan fingerprint density at radius 2 is 1.89 bits per heavy atom. The molecule has 1 N–H and O–H groups in total. The predicted molar refractivity (Wildman–Crippen MR) is 107 cm³/mol. The molecule has 0 saturated heterocycles. The van der Waals surface area contributed by atoms with Crippen molar-refractivity contribution in [3.8, 4) is 11.1 Å². The van der Waals surface area contributed by atoms with Gasteiger partial charge in [0.05, 0.1) is 12.5 Å². The number of hydrogen-bond acceptors (Lipinski definition) is 6. The van der Waals surface area contributed by atoms with Crippen LogP contribution in [-0.2, 0) is 19.1 Å². The summed E-state index contributed by atoms with van der Waals surface area (Å²) in [4.78, 5) is 36.4. The zero-order valence-electron chi connectivity index (χ0n) is 16.2. The van der Waals surface area contributed by atoms with Crippen molar-refractivity contribution in [1.29, 1.82) is 0 Å². The van der Waals surface area contributed by atoms with Crippen LogP contribution in [0.2, 0.25) is 0 Å². The molecule has 1 fully saturated rings. The lowest BCUT2D eigenvalue weighted by molar-refractivity contribution is -0.148. The Balaban J connectivity index is 1.84. The number of carbonyl (C=O) groups is 3. The van der Waals surface area contributed by atoms with Crippen LogP contribution in [0.1, 0.15) is 41.3 Å². The fraction of sp³-hybridized carbons (Fsp3) is 0.381. The second-order valence-corrected chi connectivity index (χ2v) is 7.70. The number of benzene rings is 1. The molecule has 7 heteroatoms. The van der Waals surface area contributed by atoms with Crippen molar-refractivity contribution in [2.24, 2.45) is 5.92 Å². The Kier molecular flexibility index (Phi) is 6.14. The first-order chi connectivity index (χ1) is 13.4. The maximum Gasteiger partial charge on any atom is 0.341 e. The minimum absolute atomic E-state index is 0.0688. The van der Waals surface area contributed by atoms with Crippen LogP contribution in [0.4, 0.5) is 5.00 Å². The molecule has 0 radical (unpaired) electrons. The zero-order valence-corrected chi connectivity index (χ0v) is 17.0. The van der Waals surface area contributed by atoms with Crippen molar-refractivity contribution in [3.05, 3.63) is 40.3 Å². The molecule has 0 spiro atoms. The lowest BCUT2D eigenvalue weighted by atomic mass is 9.97. The summed E-state index contributed by atoms with van der Waals surface area (Å²) in [5.74, 6) is -1.39. The van der Waals surface area contributed by atoms with E-state index in [4.69, 9.17) is 9.47 Å². The molecule has 6 nitrogen and oxygen atoms in total. The Hall–Kier alpha value is -2.67. The molecule has 28 heavy (non-hydrogen) atoms. The van der Waals surface area contributed by atoms with Crippen LogP contribution in [0.5, 0.6) is 0 Å². The van der Waals surface area contributed by atoms with Crippen LogP contribution in [0, 0.1) is 19.8 Å². The summed E-state index contributed by atoms with van der Waals surface area (Å²) in [7, 11) is 0. The van der Waals surface area contributed by atoms with Crippen molar-refractivity contribution >= 4 is 34.2 Å². The van der Waals surface area contributed by atoms with Crippen LogP contribution < -0.4 is 5.32 Å². The van der Waals surface area contributed by atoms with Crippen molar-refractivity contribution in [2.45, 2.75) is 33.6 Å². The first-order valence-electron chi connectivity index (χ1n) is 9.23. The van der Waals surface area contributed by atoms with E-state index >= 15 is 0 Å². The first-order valence-corrected chi connectivity index (χ1v) is 10.1. The first kappa shape index (κ1) is 20.1. The summed E-state index contributed by atoms with van der Waals surface area (Å²) >= 11 is 1.25. The standard InChI is InChI=1S/C21H23NO5S/c1-4-26-21(25)18-16(15-8-5-12(2)9-13(15)3)11-28-19(18)22-17(23)10-27-20(24)14-6-7-14/h5,8-9,11,14H,4,6-7,10H2,1-3H3,(H,22,23). The average Bonchev–Trinajstić information content (AvgIpc) is 3.41. The lowest BCUT2D eigenvalue weighted by Crippen LogP contribution is -2.22. The van der Waals surface area contributed by atoms with Gasteiger partial charge in [-0.2, -0.15) is 0 Å². The molecule has 1 amide bonds. The molecule has 1 heterocycles. The molecule has 3 rings (SSSR count). The van der Waals surface area contributed by atoms with E-state index in [0.717, 1.165) is 29.5 Å². The Morgan fingerprint density at radius 1 is 1.14 bits per heavy atom. The number of aryl methyl sites for hydroxylation is 2. The molecule has 148 valence electrons. The summed E-state index contributed by atoms with van der Waals surface area (Å²) in [6.45, 7) is 5.58. The Bertz CT molecular complexity index is 914. The number of esters is 2. The SMILES string of the molecule is CCOC(=O)c1c(-c2ccc(C)cc2C)csc1NC(=O)COC(=O)C1CC1. The van der Waals surface area contributed by atoms with Gasteiger partial charge < -0.3 is 14.8 Å². The quantitative estimate of drug-likeness (QED) is 0.707. The second-order valence-electron chi connectivity index (χ2n) is 6.82. The number of carbonyl (C=O) groups excluding carboxylic acids is 3. The number of thiophene rings is 1. The molecular formula is C21H23NO5S. The van der Waals surface area contributed by atoms with Gasteiger partial charge in [0.25, 0.3) is 5.91 Å². The molecule has 1 aromatic heterocycles. The van der Waals surface area contributed by atoms with E-state index in [0.29, 0.717) is 16.1 Å². The van der Waals surface area contributed by atoms with Gasteiger partial charge in [0.1, 0.15) is 10.6 Å². The highest BCUT2D eigenvalue weighted by atomic mass is 32.1. The molecule has 0 bridgehead atoms. The van der Waals surface area contributed by atoms with Crippen LogP contribution in [-0.4, -0.2) is 31.1 Å². The third-order valence-corrected chi connectivity index (χ3v) is 5.35. The summed E-state index contributed by atoms with van der Waals surface area (Å²) in [6.07, 6.45) is 1.63. The molecule has 1 aromatic carbocycles. The molecule has 0 unspecified atom stereocenters. The van der Waals surface area contributed by atoms with E-state index in [2.05, 4.69) is 5.32 Å². The van der Waals surface area contributed by atoms with Crippen LogP contribution in [0.25, 0.3) is 11.1 Å². The van der Waals surface area contributed by atoms with E-state index < -0.39 is 11.9 Å². The smallest absolute Gasteiger partial charge is 0.341 e. The molecule has 0 aliphatic heterocycles. The van der Waals surface area contributed by atoms with Gasteiger partial charge in [-0.1, -0.05) is 23.8 Å². The van der Waals surface area contributed by atoms with Crippen LogP contribution in [0.3, 0.4) is 0 Å². The van der Waals surface area contributed by atoms with E-state index in [9.17, 15) is 14.4 Å². The topological polar surface area (TPSA) is 81.7 Å². The minimum atomic E-state index is -0.496. The highest BCUT2D eigenvalue weighted by Gasteiger charge is 2.31. The van der Waals surface area contributed by atoms with Crippen molar-refractivity contribution in [2.75, 3.05) is 18.5 Å². The van der Waals surface area contributed by atoms with E-state index in [1.165, 1.54) is 11.3 Å². The highest BCUT2D eigenvalue weighted by molar-refractivity contribution is 7.15. The van der Waals surface area contributed by atoms with Crippen molar-refractivity contribution in [3.63, 3.8) is 0 Å². The summed E-state index contributed by atoms with van der Waals surface area (Å²) in [5.41, 5.74) is 4.09. The summed E-state index contributed by atoms with van der Waals surface area (Å²) in [5, 5.41) is 4.91. The number of ether oxygens (including phenoxy) is 2. The molecule has 2 aromatic rings. The number of amides is 1. The number of anilines is 1. The van der Waals surface area contributed by atoms with Crippen molar-refractivity contribution < 1.29 is 23.9 Å². The zero-order chi connectivity index (χ0) is 20.3. The minimum Gasteiger partial charge on any atom is -0.462 e. The fourth-order valence-corrected chi connectivity index (χ4v) is 3.87. The normalized spacial score (nSPS) is 13.1. The van der Waals surface area contributed by atoms with Gasteiger partial charge in [-0.05, 0) is 44.7 Å². The average molecular weight is 401 g/mol. The molecular weight excluding hydrogens is 378 g/mol. The maximum absolute atomic E-state index is 12.6. The lowest BCUT2D eigenvalue weighted by Gasteiger charge is -2.11. The second kappa shape index (κ2) is 8.56. The van der Waals surface area contributed by atoms with Gasteiger partial charge in [0, 0.05) is 10.9 Å². The molecule has 1 aliphatic rings. The Morgan fingerprint density at radius 3 is 2.54 bits per heavy atom. The van der Waals surface area contributed by atoms with Gasteiger partial charge in [-0.25, -0.2) is 4.79 Å². The van der Waals surface area contributed by atoms with Crippen LogP contribution >= 0.6 is 11.3 Å². The summed E-state index contributed by atoms with van der Waals surface area (Å²) in [6, 6.07) is 5.97. The van der Waals surface area contributed by atoms with Crippen molar-refractivity contribution in [1.82, 2.24) is 0 Å². The third kappa shape index (κ3) is 4.59. The molecule has 1 saturated carbocycles. The monoisotopic (exact) mass is 401 g/mol. The number of hydrogen-bond donors (Lipinski definition) is 1. The fourth-order valence-electron chi connectivity index (χ4n) is 2.91. The molecule has 0 atom stereocenters. The maximum atomic E-state index is 12.6. The van der Waals surface area contributed by atoms with Gasteiger partial charge in [0.2, 0.25) is 0 Å². The summed E-state index contributed by atoms with van der Waals surface area (Å²) < 4.78 is 10.2. The largest absolute Gasteiger partial charge is 0.462 e.